The highest BCUT2D eigenvalue weighted by atomic mass is 15.0. The van der Waals surface area contributed by atoms with Gasteiger partial charge in [-0.25, -0.2) is 4.85 Å². The molecule has 53 heavy (non-hydrogen) atoms. The lowest BCUT2D eigenvalue weighted by atomic mass is 9.86. The summed E-state index contributed by atoms with van der Waals surface area (Å²) < 4.78 is 2.26. The monoisotopic (exact) mass is 672 g/mol. The van der Waals surface area contributed by atoms with Gasteiger partial charge in [0.15, 0.2) is 5.69 Å². The third-order valence-electron chi connectivity index (χ3n) is 10.6. The van der Waals surface area contributed by atoms with Gasteiger partial charge in [-0.05, 0) is 90.3 Å². The fourth-order valence-corrected chi connectivity index (χ4v) is 8.22. The summed E-state index contributed by atoms with van der Waals surface area (Å²) in [4.78, 5) is 4.00. The van der Waals surface area contributed by atoms with Crippen molar-refractivity contribution in [3.8, 4) is 50.2 Å². The lowest BCUT2D eigenvalue weighted by Gasteiger charge is -2.18. The van der Waals surface area contributed by atoms with Crippen molar-refractivity contribution in [3.63, 3.8) is 0 Å². The molecule has 0 amide bonds. The smallest absolute Gasteiger partial charge is 0.196 e. The number of nitrogens with zero attached hydrogens (tertiary/aromatic N) is 2. The van der Waals surface area contributed by atoms with Crippen LogP contribution in [0.3, 0.4) is 0 Å². The molecule has 0 bridgehead atoms. The first-order valence-corrected chi connectivity index (χ1v) is 18.0. The van der Waals surface area contributed by atoms with Gasteiger partial charge in [-0.2, -0.15) is 0 Å². The molecule has 0 radical (unpaired) electrons. The quantitative estimate of drug-likeness (QED) is 0.127. The van der Waals surface area contributed by atoms with E-state index in [1.807, 2.05) is 6.07 Å². The Balaban J connectivity index is 1.00. The lowest BCUT2D eigenvalue weighted by molar-refractivity contribution is 1.18. The Morgan fingerprint density at radius 1 is 0.340 bits per heavy atom. The third kappa shape index (κ3) is 5.02. The molecule has 0 N–H and O–H groups in total. The van der Waals surface area contributed by atoms with E-state index in [0.717, 1.165) is 39.0 Å². The Morgan fingerprint density at radius 3 is 1.23 bits per heavy atom. The molecule has 0 fully saturated rings. The van der Waals surface area contributed by atoms with Gasteiger partial charge in [0.05, 0.1) is 17.6 Å². The van der Waals surface area contributed by atoms with Crippen molar-refractivity contribution < 1.29 is 0 Å². The van der Waals surface area contributed by atoms with E-state index in [-0.39, 0.29) is 0 Å². The largest absolute Gasteiger partial charge is 0.311 e. The number of benzene rings is 9. The highest BCUT2D eigenvalue weighted by molar-refractivity contribution is 6.21. The summed E-state index contributed by atoms with van der Waals surface area (Å²) in [6, 6.07) is 69.1. The van der Waals surface area contributed by atoms with Crippen molar-refractivity contribution in [1.29, 1.82) is 0 Å². The van der Waals surface area contributed by atoms with Crippen LogP contribution in [0.25, 0.3) is 98.4 Å². The van der Waals surface area contributed by atoms with E-state index in [1.54, 1.807) is 0 Å². The first kappa shape index (κ1) is 30.6. The Labute approximate surface area is 308 Å². The number of hydrogen-bond donors (Lipinski definition) is 0. The van der Waals surface area contributed by atoms with E-state index in [0.29, 0.717) is 5.69 Å². The van der Waals surface area contributed by atoms with Gasteiger partial charge in [0.1, 0.15) is 0 Å². The SMILES string of the molecule is [C-]#[N+]c1cc(-n2c3ccccc3c3ccccc32)ccc1-c1ccc(-c2ccc(-c3c4ccccc4c(-c4ccccc4)c4ccccc34)cc2)cc1. The maximum absolute atomic E-state index is 8.12. The summed E-state index contributed by atoms with van der Waals surface area (Å²) in [5.74, 6) is 0. The molecular formula is C51H32N2. The van der Waals surface area contributed by atoms with Crippen LogP contribution in [0.5, 0.6) is 0 Å². The summed E-state index contributed by atoms with van der Waals surface area (Å²) in [7, 11) is 0. The van der Waals surface area contributed by atoms with Gasteiger partial charge >= 0.3 is 0 Å². The van der Waals surface area contributed by atoms with Gasteiger partial charge in [-0.15, -0.1) is 0 Å². The van der Waals surface area contributed by atoms with E-state index in [1.165, 1.54) is 54.6 Å². The predicted octanol–water partition coefficient (Wildman–Crippen LogP) is 14.3. The molecule has 10 rings (SSSR count). The summed E-state index contributed by atoms with van der Waals surface area (Å²) in [5, 5.41) is 7.44. The van der Waals surface area contributed by atoms with Crippen LogP contribution in [0.1, 0.15) is 0 Å². The molecule has 1 heterocycles. The van der Waals surface area contributed by atoms with Crippen molar-refractivity contribution in [2.45, 2.75) is 0 Å². The number of hydrogen-bond acceptors (Lipinski definition) is 0. The second kappa shape index (κ2) is 12.5. The first-order chi connectivity index (χ1) is 26.3. The summed E-state index contributed by atoms with van der Waals surface area (Å²) in [6.45, 7) is 8.12. The minimum absolute atomic E-state index is 0.638. The normalized spacial score (nSPS) is 11.4. The Bertz CT molecular complexity index is 2920. The number of fused-ring (bicyclic) bond motifs is 5. The van der Waals surface area contributed by atoms with Gasteiger partial charge < -0.3 is 4.57 Å². The molecular weight excluding hydrogens is 641 g/mol. The van der Waals surface area contributed by atoms with E-state index in [9.17, 15) is 0 Å². The Morgan fingerprint density at radius 2 is 0.736 bits per heavy atom. The summed E-state index contributed by atoms with van der Waals surface area (Å²) in [6.07, 6.45) is 0. The second-order valence-electron chi connectivity index (χ2n) is 13.5. The fraction of sp³-hybridized carbons (Fsp3) is 0. The molecule has 0 unspecified atom stereocenters. The van der Waals surface area contributed by atoms with E-state index in [4.69, 9.17) is 6.57 Å². The van der Waals surface area contributed by atoms with E-state index >= 15 is 0 Å². The van der Waals surface area contributed by atoms with Crippen molar-refractivity contribution in [2.24, 2.45) is 0 Å². The predicted molar refractivity (Wildman–Crippen MR) is 224 cm³/mol. The topological polar surface area (TPSA) is 9.29 Å². The maximum atomic E-state index is 8.12. The standard InChI is InChI=1S/C51H32N2/c1-52-47-33-39(53-48-21-11-9-15-41(48)42-16-10-12-22-49(42)53)31-32-40(47)36-27-23-34(24-28-36)35-25-29-38(30-26-35)51-45-19-7-5-17-43(45)50(37-13-3-2-4-14-37)44-18-6-8-20-46(44)51/h2-33H. The van der Waals surface area contributed by atoms with Gasteiger partial charge in [-0.1, -0.05) is 170 Å². The molecule has 0 aliphatic rings. The minimum Gasteiger partial charge on any atom is -0.311 e. The van der Waals surface area contributed by atoms with Crippen LogP contribution in [0.4, 0.5) is 5.69 Å². The zero-order valence-corrected chi connectivity index (χ0v) is 28.9. The molecule has 0 spiro atoms. The van der Waals surface area contributed by atoms with Crippen LogP contribution in [0.15, 0.2) is 194 Å². The zero-order valence-electron chi connectivity index (χ0n) is 28.9. The van der Waals surface area contributed by atoms with Crippen LogP contribution < -0.4 is 0 Å². The minimum atomic E-state index is 0.638. The molecule has 0 saturated heterocycles. The molecule has 10 aromatic rings. The van der Waals surface area contributed by atoms with Crippen LogP contribution >= 0.6 is 0 Å². The molecule has 246 valence electrons. The van der Waals surface area contributed by atoms with E-state index < -0.39 is 0 Å². The summed E-state index contributed by atoms with van der Waals surface area (Å²) >= 11 is 0. The maximum Gasteiger partial charge on any atom is 0.196 e. The Kier molecular flexibility index (Phi) is 7.23. The van der Waals surface area contributed by atoms with Crippen molar-refractivity contribution in [3.05, 3.63) is 206 Å². The number of rotatable bonds is 5. The molecule has 0 aliphatic carbocycles. The third-order valence-corrected chi connectivity index (χ3v) is 10.6. The van der Waals surface area contributed by atoms with E-state index in [2.05, 4.69) is 197 Å². The van der Waals surface area contributed by atoms with Crippen LogP contribution in [0.2, 0.25) is 0 Å². The average molecular weight is 673 g/mol. The number of para-hydroxylation sites is 2. The van der Waals surface area contributed by atoms with Crippen molar-refractivity contribution in [1.82, 2.24) is 4.57 Å². The molecule has 1 aromatic heterocycles. The molecule has 0 aliphatic heterocycles. The van der Waals surface area contributed by atoms with Gasteiger partial charge in [0.25, 0.3) is 0 Å². The zero-order chi connectivity index (χ0) is 35.3. The van der Waals surface area contributed by atoms with Gasteiger partial charge in [0, 0.05) is 16.5 Å². The number of aromatic nitrogens is 1. The highest BCUT2D eigenvalue weighted by Gasteiger charge is 2.17. The van der Waals surface area contributed by atoms with Gasteiger partial charge in [0.2, 0.25) is 0 Å². The van der Waals surface area contributed by atoms with Crippen molar-refractivity contribution in [2.75, 3.05) is 0 Å². The van der Waals surface area contributed by atoms with Gasteiger partial charge in [-0.3, -0.25) is 0 Å². The molecule has 2 heteroatoms. The van der Waals surface area contributed by atoms with Crippen LogP contribution in [0, 0.1) is 6.57 Å². The van der Waals surface area contributed by atoms with Crippen LogP contribution in [-0.2, 0) is 0 Å². The first-order valence-electron chi connectivity index (χ1n) is 18.0. The fourth-order valence-electron chi connectivity index (χ4n) is 8.22. The van der Waals surface area contributed by atoms with Crippen molar-refractivity contribution >= 4 is 49.0 Å². The lowest BCUT2D eigenvalue weighted by Crippen LogP contribution is -1.94. The highest BCUT2D eigenvalue weighted by Crippen LogP contribution is 2.44. The second-order valence-corrected chi connectivity index (χ2v) is 13.5. The summed E-state index contributed by atoms with van der Waals surface area (Å²) in [5.41, 5.74) is 13.1. The Hall–Kier alpha value is -7.21. The molecule has 9 aromatic carbocycles. The molecule has 0 saturated carbocycles. The average Bonchev–Trinajstić information content (AvgIpc) is 3.57. The molecule has 0 atom stereocenters. The molecule has 2 nitrogen and oxygen atoms in total. The van der Waals surface area contributed by atoms with Crippen LogP contribution in [-0.4, -0.2) is 4.57 Å².